The number of fused-ring (bicyclic) bond motifs is 1. The van der Waals surface area contributed by atoms with Crippen LogP contribution >= 0.6 is 0 Å². The molecule has 0 aliphatic carbocycles. The number of aryl methyl sites for hydroxylation is 2. The number of nitrogens with zero attached hydrogens (tertiary/aromatic N) is 1. The summed E-state index contributed by atoms with van der Waals surface area (Å²) in [5.41, 5.74) is 5.27. The van der Waals surface area contributed by atoms with E-state index in [9.17, 15) is 4.79 Å². The molecule has 0 fully saturated rings. The van der Waals surface area contributed by atoms with E-state index >= 15 is 0 Å². The van der Waals surface area contributed by atoms with E-state index in [1.54, 1.807) is 0 Å². The average Bonchev–Trinajstić information content (AvgIpc) is 2.53. The Kier molecular flexibility index (Phi) is 4.20. The summed E-state index contributed by atoms with van der Waals surface area (Å²) in [6.07, 6.45) is 2.16. The van der Waals surface area contributed by atoms with E-state index in [4.69, 9.17) is 4.74 Å². The van der Waals surface area contributed by atoms with E-state index in [0.717, 1.165) is 28.8 Å². The second kappa shape index (κ2) is 6.28. The Labute approximate surface area is 130 Å². The van der Waals surface area contributed by atoms with Crippen molar-refractivity contribution >= 4 is 5.91 Å². The SMILES string of the molecule is Cc1cnc(CNC(=O)C2OCCc3ccccc32)c(C)c1. The van der Waals surface area contributed by atoms with Gasteiger partial charge in [-0.25, -0.2) is 0 Å². The molecule has 4 heteroatoms. The van der Waals surface area contributed by atoms with E-state index in [-0.39, 0.29) is 5.91 Å². The van der Waals surface area contributed by atoms with E-state index in [1.807, 2.05) is 38.2 Å². The molecule has 1 aromatic carbocycles. The Morgan fingerprint density at radius 3 is 3.00 bits per heavy atom. The van der Waals surface area contributed by atoms with Crippen LogP contribution in [-0.4, -0.2) is 17.5 Å². The van der Waals surface area contributed by atoms with Crippen LogP contribution in [0.3, 0.4) is 0 Å². The third kappa shape index (κ3) is 3.02. The number of ether oxygens (including phenoxy) is 1. The maximum absolute atomic E-state index is 12.4. The quantitative estimate of drug-likeness (QED) is 0.947. The number of benzene rings is 1. The van der Waals surface area contributed by atoms with Gasteiger partial charge in [-0.2, -0.15) is 0 Å². The van der Waals surface area contributed by atoms with E-state index < -0.39 is 6.10 Å². The number of amides is 1. The summed E-state index contributed by atoms with van der Waals surface area (Å²) in [5, 5.41) is 2.94. The lowest BCUT2D eigenvalue weighted by Crippen LogP contribution is -2.33. The van der Waals surface area contributed by atoms with Crippen molar-refractivity contribution in [3.8, 4) is 0 Å². The molecule has 1 aliphatic heterocycles. The van der Waals surface area contributed by atoms with Crippen molar-refractivity contribution in [3.05, 3.63) is 64.5 Å². The molecule has 1 atom stereocenters. The molecule has 4 nitrogen and oxygen atoms in total. The van der Waals surface area contributed by atoms with Crippen molar-refractivity contribution in [1.29, 1.82) is 0 Å². The Morgan fingerprint density at radius 2 is 2.18 bits per heavy atom. The zero-order valence-corrected chi connectivity index (χ0v) is 12.9. The van der Waals surface area contributed by atoms with Gasteiger partial charge < -0.3 is 10.1 Å². The summed E-state index contributed by atoms with van der Waals surface area (Å²) < 4.78 is 5.67. The van der Waals surface area contributed by atoms with Crippen LogP contribution in [0.4, 0.5) is 0 Å². The van der Waals surface area contributed by atoms with Crippen molar-refractivity contribution in [2.45, 2.75) is 32.9 Å². The molecular formula is C18H20N2O2. The number of rotatable bonds is 3. The Balaban J connectivity index is 1.70. The zero-order chi connectivity index (χ0) is 15.5. The van der Waals surface area contributed by atoms with Gasteiger partial charge in [0.1, 0.15) is 0 Å². The number of carbonyl (C=O) groups excluding carboxylic acids is 1. The molecule has 1 N–H and O–H groups in total. The third-order valence-electron chi connectivity index (χ3n) is 3.99. The third-order valence-corrected chi connectivity index (χ3v) is 3.99. The molecule has 2 aromatic rings. The highest BCUT2D eigenvalue weighted by Gasteiger charge is 2.26. The molecule has 0 spiro atoms. The lowest BCUT2D eigenvalue weighted by molar-refractivity contribution is -0.134. The fourth-order valence-electron chi connectivity index (χ4n) is 2.80. The molecule has 22 heavy (non-hydrogen) atoms. The molecule has 1 aliphatic rings. The van der Waals surface area contributed by atoms with Crippen molar-refractivity contribution < 1.29 is 9.53 Å². The normalized spacial score (nSPS) is 16.9. The molecule has 0 saturated carbocycles. The van der Waals surface area contributed by atoms with E-state index in [1.165, 1.54) is 5.56 Å². The van der Waals surface area contributed by atoms with Gasteiger partial charge in [-0.1, -0.05) is 30.3 Å². The van der Waals surface area contributed by atoms with Gasteiger partial charge >= 0.3 is 0 Å². The fourth-order valence-corrected chi connectivity index (χ4v) is 2.80. The minimum Gasteiger partial charge on any atom is -0.363 e. The molecule has 0 radical (unpaired) electrons. The molecule has 3 rings (SSSR count). The first-order valence-corrected chi connectivity index (χ1v) is 7.54. The highest BCUT2D eigenvalue weighted by Crippen LogP contribution is 2.27. The van der Waals surface area contributed by atoms with Crippen LogP contribution in [0.1, 0.15) is 34.1 Å². The monoisotopic (exact) mass is 296 g/mol. The van der Waals surface area contributed by atoms with E-state index in [0.29, 0.717) is 13.2 Å². The van der Waals surface area contributed by atoms with Crippen LogP contribution < -0.4 is 5.32 Å². The summed E-state index contributed by atoms with van der Waals surface area (Å²) in [7, 11) is 0. The fraction of sp³-hybridized carbons (Fsp3) is 0.333. The number of carbonyl (C=O) groups is 1. The van der Waals surface area contributed by atoms with Gasteiger partial charge in [-0.05, 0) is 42.5 Å². The predicted molar refractivity (Wildman–Crippen MR) is 84.4 cm³/mol. The standard InChI is InChI=1S/C18H20N2O2/c1-12-9-13(2)16(19-10-12)11-20-18(21)17-15-6-4-3-5-14(15)7-8-22-17/h3-6,9-10,17H,7-8,11H2,1-2H3,(H,20,21). The molecule has 1 aromatic heterocycles. The van der Waals surface area contributed by atoms with Gasteiger partial charge in [-0.15, -0.1) is 0 Å². The van der Waals surface area contributed by atoms with Gasteiger partial charge in [0.2, 0.25) is 0 Å². The maximum atomic E-state index is 12.4. The van der Waals surface area contributed by atoms with Crippen molar-refractivity contribution in [2.75, 3.05) is 6.61 Å². The van der Waals surface area contributed by atoms with Crippen LogP contribution in [-0.2, 0) is 22.5 Å². The van der Waals surface area contributed by atoms with Gasteiger partial charge in [0, 0.05) is 6.20 Å². The lowest BCUT2D eigenvalue weighted by atomic mass is 9.97. The summed E-state index contributed by atoms with van der Waals surface area (Å²) in [6, 6.07) is 10.0. The highest BCUT2D eigenvalue weighted by molar-refractivity contribution is 5.82. The summed E-state index contributed by atoms with van der Waals surface area (Å²) in [4.78, 5) is 16.8. The number of aromatic nitrogens is 1. The van der Waals surface area contributed by atoms with Crippen LogP contribution in [0.25, 0.3) is 0 Å². The Hall–Kier alpha value is -2.20. The second-order valence-corrected chi connectivity index (χ2v) is 5.69. The zero-order valence-electron chi connectivity index (χ0n) is 12.9. The van der Waals surface area contributed by atoms with Crippen molar-refractivity contribution in [2.24, 2.45) is 0 Å². The minimum atomic E-state index is -0.518. The molecule has 1 unspecified atom stereocenters. The molecule has 0 saturated heterocycles. The van der Waals surface area contributed by atoms with Gasteiger partial charge in [0.15, 0.2) is 6.10 Å². The van der Waals surface area contributed by atoms with Gasteiger partial charge in [0.05, 0.1) is 18.8 Å². The second-order valence-electron chi connectivity index (χ2n) is 5.69. The van der Waals surface area contributed by atoms with Crippen molar-refractivity contribution in [1.82, 2.24) is 10.3 Å². The highest BCUT2D eigenvalue weighted by atomic mass is 16.5. The number of hydrogen-bond donors (Lipinski definition) is 1. The predicted octanol–water partition coefficient (Wildman–Crippen LogP) is 2.63. The largest absolute Gasteiger partial charge is 0.363 e. The Morgan fingerprint density at radius 1 is 1.36 bits per heavy atom. The number of pyridine rings is 1. The first kappa shape index (κ1) is 14.7. The molecular weight excluding hydrogens is 276 g/mol. The average molecular weight is 296 g/mol. The molecule has 0 bridgehead atoms. The molecule has 114 valence electrons. The van der Waals surface area contributed by atoms with Crippen LogP contribution in [0.2, 0.25) is 0 Å². The maximum Gasteiger partial charge on any atom is 0.254 e. The van der Waals surface area contributed by atoms with Gasteiger partial charge in [-0.3, -0.25) is 9.78 Å². The lowest BCUT2D eigenvalue weighted by Gasteiger charge is -2.25. The first-order valence-electron chi connectivity index (χ1n) is 7.54. The summed E-state index contributed by atoms with van der Waals surface area (Å²) in [5.74, 6) is -0.103. The first-order chi connectivity index (χ1) is 10.6. The topological polar surface area (TPSA) is 51.2 Å². The molecule has 2 heterocycles. The summed E-state index contributed by atoms with van der Waals surface area (Å²) in [6.45, 7) is 5.02. The Bertz CT molecular complexity index is 697. The van der Waals surface area contributed by atoms with Crippen LogP contribution in [0.15, 0.2) is 36.5 Å². The van der Waals surface area contributed by atoms with Gasteiger partial charge in [0.25, 0.3) is 5.91 Å². The van der Waals surface area contributed by atoms with Crippen molar-refractivity contribution in [3.63, 3.8) is 0 Å². The van der Waals surface area contributed by atoms with Crippen LogP contribution in [0.5, 0.6) is 0 Å². The summed E-state index contributed by atoms with van der Waals surface area (Å²) >= 11 is 0. The van der Waals surface area contributed by atoms with Crippen LogP contribution in [0, 0.1) is 13.8 Å². The smallest absolute Gasteiger partial charge is 0.254 e. The number of nitrogens with one attached hydrogen (secondary N) is 1. The van der Waals surface area contributed by atoms with E-state index in [2.05, 4.69) is 22.4 Å². The number of hydrogen-bond acceptors (Lipinski definition) is 3. The molecule has 1 amide bonds. The minimum absolute atomic E-state index is 0.103.